The van der Waals surface area contributed by atoms with Gasteiger partial charge in [-0.15, -0.1) is 0 Å². The maximum absolute atomic E-state index is 11.9. The molecule has 1 heterocycles. The van der Waals surface area contributed by atoms with Crippen LogP contribution in [0.5, 0.6) is 11.5 Å². The number of ether oxygens (including phenoxy) is 2. The molecule has 0 spiro atoms. The molecule has 0 bridgehead atoms. The lowest BCUT2D eigenvalue weighted by Gasteiger charge is -2.10. The van der Waals surface area contributed by atoms with Crippen LogP contribution in [-0.2, 0) is 4.79 Å². The highest BCUT2D eigenvalue weighted by Gasteiger charge is 2.04. The van der Waals surface area contributed by atoms with Gasteiger partial charge in [0.05, 0.1) is 6.61 Å². The predicted octanol–water partition coefficient (Wildman–Crippen LogP) is 4.45. The molecule has 25 heavy (non-hydrogen) atoms. The Kier molecular flexibility index (Phi) is 8.32. The molecule has 0 atom stereocenters. The number of benzene rings is 1. The standard InChI is InChI=1S/C20H26N2O3/c1-2-3-4-5-6-14-24-18-8-7-9-19(15-18)25-16-20(23)22-17-10-12-21-13-11-17/h7-13,15H,2-6,14,16H2,1H3,(H,21,22,23). The third kappa shape index (κ3) is 7.70. The Morgan fingerprint density at radius 2 is 1.72 bits per heavy atom. The Hall–Kier alpha value is -2.56. The van der Waals surface area contributed by atoms with E-state index in [4.69, 9.17) is 9.47 Å². The van der Waals surface area contributed by atoms with Gasteiger partial charge in [0.2, 0.25) is 0 Å². The van der Waals surface area contributed by atoms with E-state index in [9.17, 15) is 4.79 Å². The van der Waals surface area contributed by atoms with Gasteiger partial charge in [-0.05, 0) is 30.7 Å². The Balaban J connectivity index is 1.70. The average Bonchev–Trinajstić information content (AvgIpc) is 2.64. The van der Waals surface area contributed by atoms with Gasteiger partial charge in [-0.1, -0.05) is 38.7 Å². The van der Waals surface area contributed by atoms with Gasteiger partial charge in [0.25, 0.3) is 5.91 Å². The van der Waals surface area contributed by atoms with Crippen molar-refractivity contribution in [3.63, 3.8) is 0 Å². The van der Waals surface area contributed by atoms with Crippen LogP contribution >= 0.6 is 0 Å². The Bertz CT molecular complexity index is 632. The van der Waals surface area contributed by atoms with Crippen molar-refractivity contribution in [3.8, 4) is 11.5 Å². The zero-order valence-corrected chi connectivity index (χ0v) is 14.7. The molecule has 1 N–H and O–H groups in total. The van der Waals surface area contributed by atoms with Crippen LogP contribution in [0.3, 0.4) is 0 Å². The molecule has 1 aromatic carbocycles. The fraction of sp³-hybridized carbons (Fsp3) is 0.400. The molecule has 0 aliphatic heterocycles. The normalized spacial score (nSPS) is 10.3. The molecule has 134 valence electrons. The average molecular weight is 342 g/mol. The van der Waals surface area contributed by atoms with E-state index in [0.717, 1.165) is 12.2 Å². The van der Waals surface area contributed by atoms with E-state index >= 15 is 0 Å². The SMILES string of the molecule is CCCCCCCOc1cccc(OCC(=O)Nc2ccncc2)c1. The Labute approximate surface area is 149 Å². The number of anilines is 1. The number of nitrogens with one attached hydrogen (secondary N) is 1. The van der Waals surface area contributed by atoms with Gasteiger partial charge in [-0.3, -0.25) is 9.78 Å². The fourth-order valence-corrected chi connectivity index (χ4v) is 2.33. The van der Waals surface area contributed by atoms with Crippen LogP contribution in [-0.4, -0.2) is 24.1 Å². The van der Waals surface area contributed by atoms with Gasteiger partial charge in [0, 0.05) is 24.1 Å². The number of carbonyl (C=O) groups excluding carboxylic acids is 1. The molecule has 0 aliphatic rings. The molecule has 5 heteroatoms. The second-order valence-electron chi connectivity index (χ2n) is 5.81. The fourth-order valence-electron chi connectivity index (χ4n) is 2.33. The van der Waals surface area contributed by atoms with E-state index in [1.807, 2.05) is 24.3 Å². The lowest BCUT2D eigenvalue weighted by Crippen LogP contribution is -2.20. The Morgan fingerprint density at radius 3 is 2.48 bits per heavy atom. The molecule has 0 saturated carbocycles. The zero-order valence-electron chi connectivity index (χ0n) is 14.7. The van der Waals surface area contributed by atoms with Gasteiger partial charge >= 0.3 is 0 Å². The smallest absolute Gasteiger partial charge is 0.262 e. The first-order valence-corrected chi connectivity index (χ1v) is 8.83. The van der Waals surface area contributed by atoms with E-state index in [-0.39, 0.29) is 12.5 Å². The second-order valence-corrected chi connectivity index (χ2v) is 5.81. The molecule has 0 saturated heterocycles. The van der Waals surface area contributed by atoms with Gasteiger partial charge in [-0.2, -0.15) is 0 Å². The number of pyridine rings is 1. The summed E-state index contributed by atoms with van der Waals surface area (Å²) >= 11 is 0. The van der Waals surface area contributed by atoms with E-state index < -0.39 is 0 Å². The van der Waals surface area contributed by atoms with Crippen LogP contribution in [0.1, 0.15) is 39.0 Å². The highest BCUT2D eigenvalue weighted by atomic mass is 16.5. The number of nitrogens with zero attached hydrogens (tertiary/aromatic N) is 1. The molecular formula is C20H26N2O3. The summed E-state index contributed by atoms with van der Waals surface area (Å²) in [6, 6.07) is 10.8. The number of unbranched alkanes of at least 4 members (excludes halogenated alkanes) is 4. The third-order valence-corrected chi connectivity index (χ3v) is 3.66. The highest BCUT2D eigenvalue weighted by Crippen LogP contribution is 2.20. The van der Waals surface area contributed by atoms with Crippen LogP contribution in [0.15, 0.2) is 48.8 Å². The number of carbonyl (C=O) groups is 1. The highest BCUT2D eigenvalue weighted by molar-refractivity contribution is 5.91. The second kappa shape index (κ2) is 11.1. The summed E-state index contributed by atoms with van der Waals surface area (Å²) in [7, 11) is 0. The number of aromatic nitrogens is 1. The van der Waals surface area contributed by atoms with Gasteiger partial charge < -0.3 is 14.8 Å². The zero-order chi connectivity index (χ0) is 17.7. The third-order valence-electron chi connectivity index (χ3n) is 3.66. The first kappa shape index (κ1) is 18.8. The minimum atomic E-state index is -0.214. The summed E-state index contributed by atoms with van der Waals surface area (Å²) in [5.41, 5.74) is 0.698. The van der Waals surface area contributed by atoms with Gasteiger partial charge in [-0.25, -0.2) is 0 Å². The maximum Gasteiger partial charge on any atom is 0.262 e. The quantitative estimate of drug-likeness (QED) is 0.613. The predicted molar refractivity (Wildman–Crippen MR) is 99.1 cm³/mol. The van der Waals surface area contributed by atoms with Crippen molar-refractivity contribution in [3.05, 3.63) is 48.8 Å². The van der Waals surface area contributed by atoms with Crippen LogP contribution in [0.25, 0.3) is 0 Å². The van der Waals surface area contributed by atoms with Crippen LogP contribution in [0.4, 0.5) is 5.69 Å². The molecule has 0 radical (unpaired) electrons. The van der Waals surface area contributed by atoms with Crippen LogP contribution < -0.4 is 14.8 Å². The molecule has 1 amide bonds. The summed E-state index contributed by atoms with van der Waals surface area (Å²) < 4.78 is 11.3. The summed E-state index contributed by atoms with van der Waals surface area (Å²) in [5.74, 6) is 1.17. The lowest BCUT2D eigenvalue weighted by atomic mass is 10.2. The molecule has 1 aromatic heterocycles. The first-order valence-electron chi connectivity index (χ1n) is 8.83. The Morgan fingerprint density at radius 1 is 1.00 bits per heavy atom. The van der Waals surface area contributed by atoms with Crippen molar-refractivity contribution in [1.82, 2.24) is 4.98 Å². The van der Waals surface area contributed by atoms with E-state index in [1.54, 1.807) is 24.5 Å². The van der Waals surface area contributed by atoms with Crippen molar-refractivity contribution >= 4 is 11.6 Å². The van der Waals surface area contributed by atoms with Crippen molar-refractivity contribution in [1.29, 1.82) is 0 Å². The minimum absolute atomic E-state index is 0.0528. The molecular weight excluding hydrogens is 316 g/mol. The van der Waals surface area contributed by atoms with Crippen molar-refractivity contribution in [2.24, 2.45) is 0 Å². The number of hydrogen-bond acceptors (Lipinski definition) is 4. The molecule has 0 fully saturated rings. The van der Waals surface area contributed by atoms with Crippen LogP contribution in [0, 0.1) is 0 Å². The van der Waals surface area contributed by atoms with Crippen molar-refractivity contribution in [2.75, 3.05) is 18.5 Å². The van der Waals surface area contributed by atoms with E-state index in [0.29, 0.717) is 18.0 Å². The molecule has 2 rings (SSSR count). The lowest BCUT2D eigenvalue weighted by molar-refractivity contribution is -0.118. The van der Waals surface area contributed by atoms with E-state index in [1.165, 1.54) is 25.7 Å². The molecule has 0 unspecified atom stereocenters. The van der Waals surface area contributed by atoms with E-state index in [2.05, 4.69) is 17.2 Å². The molecule has 5 nitrogen and oxygen atoms in total. The van der Waals surface area contributed by atoms with Gasteiger partial charge in [0.15, 0.2) is 6.61 Å². The maximum atomic E-state index is 11.9. The molecule has 2 aromatic rings. The number of rotatable bonds is 11. The minimum Gasteiger partial charge on any atom is -0.493 e. The van der Waals surface area contributed by atoms with Crippen molar-refractivity contribution in [2.45, 2.75) is 39.0 Å². The summed E-state index contributed by atoms with van der Waals surface area (Å²) in [5, 5.41) is 2.75. The van der Waals surface area contributed by atoms with Crippen LogP contribution in [0.2, 0.25) is 0 Å². The number of amides is 1. The summed E-state index contributed by atoms with van der Waals surface area (Å²) in [6.45, 7) is 2.86. The number of hydrogen-bond donors (Lipinski definition) is 1. The summed E-state index contributed by atoms with van der Waals surface area (Å²) in [4.78, 5) is 15.8. The van der Waals surface area contributed by atoms with Crippen molar-refractivity contribution < 1.29 is 14.3 Å². The largest absolute Gasteiger partial charge is 0.493 e. The molecule has 0 aliphatic carbocycles. The van der Waals surface area contributed by atoms with Gasteiger partial charge in [0.1, 0.15) is 11.5 Å². The topological polar surface area (TPSA) is 60.5 Å². The monoisotopic (exact) mass is 342 g/mol. The first-order chi connectivity index (χ1) is 12.3. The summed E-state index contributed by atoms with van der Waals surface area (Å²) in [6.07, 6.45) is 9.28.